The number of carboxylic acid groups (broad SMARTS) is 1. The molecule has 1 aliphatic heterocycles. The van der Waals surface area contributed by atoms with Crippen molar-refractivity contribution in [2.24, 2.45) is 0 Å². The summed E-state index contributed by atoms with van der Waals surface area (Å²) in [6.07, 6.45) is 2.71. The van der Waals surface area contributed by atoms with Crippen LogP contribution in [0.2, 0.25) is 0 Å². The predicted molar refractivity (Wildman–Crippen MR) is 73.0 cm³/mol. The van der Waals surface area contributed by atoms with Crippen LogP contribution in [0.3, 0.4) is 0 Å². The second-order valence-electron chi connectivity index (χ2n) is 4.63. The number of nitrogens with zero attached hydrogens (tertiary/aromatic N) is 2. The number of aliphatic carboxylic acids is 1. The first-order chi connectivity index (χ1) is 9.25. The lowest BCUT2D eigenvalue weighted by molar-refractivity contribution is -0.144. The van der Waals surface area contributed by atoms with Crippen LogP contribution in [0.5, 0.6) is 0 Å². The minimum atomic E-state index is -0.781. The highest BCUT2D eigenvalue weighted by molar-refractivity contribution is 7.09. The summed E-state index contributed by atoms with van der Waals surface area (Å²) in [5.41, 5.74) is 3.85. The lowest BCUT2D eigenvalue weighted by Gasteiger charge is -2.34. The average Bonchev–Trinajstić information content (AvgIpc) is 2.91. The van der Waals surface area contributed by atoms with Gasteiger partial charge in [0.2, 0.25) is 0 Å². The summed E-state index contributed by atoms with van der Waals surface area (Å²) < 4.78 is 0. The fourth-order valence-corrected chi connectivity index (χ4v) is 3.22. The standard InChI is InChI=1S/C14H14N2O2S/c17-14(18)13-12-4-2-1-3-10(12)5-6-16(13)8-11-7-15-9-19-11/h1-4,7,9,13H,5-6,8H2,(H,17,18). The smallest absolute Gasteiger partial charge is 0.325 e. The molecule has 5 heteroatoms. The van der Waals surface area contributed by atoms with Crippen LogP contribution in [0.4, 0.5) is 0 Å². The summed E-state index contributed by atoms with van der Waals surface area (Å²) in [5, 5.41) is 9.53. The van der Waals surface area contributed by atoms with E-state index in [-0.39, 0.29) is 0 Å². The van der Waals surface area contributed by atoms with Crippen LogP contribution in [0.1, 0.15) is 22.0 Å². The summed E-state index contributed by atoms with van der Waals surface area (Å²) in [5.74, 6) is -0.781. The molecule has 3 rings (SSSR count). The third-order valence-corrected chi connectivity index (χ3v) is 4.22. The predicted octanol–water partition coefficient (Wildman–Crippen LogP) is 2.33. The van der Waals surface area contributed by atoms with Gasteiger partial charge in [-0.15, -0.1) is 11.3 Å². The summed E-state index contributed by atoms with van der Waals surface area (Å²) >= 11 is 1.57. The van der Waals surface area contributed by atoms with Gasteiger partial charge in [0.25, 0.3) is 0 Å². The van der Waals surface area contributed by atoms with Gasteiger partial charge in [-0.05, 0) is 17.5 Å². The van der Waals surface area contributed by atoms with Gasteiger partial charge in [-0.2, -0.15) is 0 Å². The van der Waals surface area contributed by atoms with Crippen molar-refractivity contribution < 1.29 is 9.90 Å². The van der Waals surface area contributed by atoms with Gasteiger partial charge in [-0.1, -0.05) is 24.3 Å². The van der Waals surface area contributed by atoms with Crippen molar-refractivity contribution in [2.75, 3.05) is 6.54 Å². The third kappa shape index (κ3) is 2.39. The third-order valence-electron chi connectivity index (χ3n) is 3.46. The van der Waals surface area contributed by atoms with Crippen LogP contribution in [0.25, 0.3) is 0 Å². The van der Waals surface area contributed by atoms with Crippen molar-refractivity contribution in [3.63, 3.8) is 0 Å². The molecule has 0 spiro atoms. The van der Waals surface area contributed by atoms with Crippen LogP contribution in [0.15, 0.2) is 36.0 Å². The number of rotatable bonds is 3. The van der Waals surface area contributed by atoms with Crippen molar-refractivity contribution in [1.82, 2.24) is 9.88 Å². The Bertz CT molecular complexity index is 583. The van der Waals surface area contributed by atoms with E-state index >= 15 is 0 Å². The van der Waals surface area contributed by atoms with E-state index in [2.05, 4.69) is 4.98 Å². The fraction of sp³-hybridized carbons (Fsp3) is 0.286. The van der Waals surface area contributed by atoms with Crippen molar-refractivity contribution in [3.8, 4) is 0 Å². The number of aromatic nitrogens is 1. The lowest BCUT2D eigenvalue weighted by Crippen LogP contribution is -2.39. The molecule has 0 bridgehead atoms. The molecule has 0 saturated heterocycles. The van der Waals surface area contributed by atoms with E-state index in [4.69, 9.17) is 0 Å². The van der Waals surface area contributed by atoms with Gasteiger partial charge in [0.05, 0.1) is 5.51 Å². The Morgan fingerprint density at radius 1 is 1.47 bits per heavy atom. The van der Waals surface area contributed by atoms with E-state index in [1.807, 2.05) is 35.4 Å². The molecular formula is C14H14N2O2S. The number of carbonyl (C=O) groups is 1. The van der Waals surface area contributed by atoms with Crippen LogP contribution in [-0.4, -0.2) is 27.5 Å². The van der Waals surface area contributed by atoms with E-state index in [1.165, 1.54) is 0 Å². The number of carboxylic acids is 1. The van der Waals surface area contributed by atoms with Crippen molar-refractivity contribution in [3.05, 3.63) is 52.0 Å². The molecule has 0 saturated carbocycles. The quantitative estimate of drug-likeness (QED) is 0.933. The highest BCUT2D eigenvalue weighted by Crippen LogP contribution is 2.31. The summed E-state index contributed by atoms with van der Waals surface area (Å²) in [4.78, 5) is 18.8. The first-order valence-corrected chi connectivity index (χ1v) is 7.05. The van der Waals surface area contributed by atoms with Gasteiger partial charge in [-0.25, -0.2) is 0 Å². The molecule has 0 fully saturated rings. The molecular weight excluding hydrogens is 260 g/mol. The molecule has 1 unspecified atom stereocenters. The van der Waals surface area contributed by atoms with E-state index in [0.717, 1.165) is 29.0 Å². The normalized spacial score (nSPS) is 19.1. The SMILES string of the molecule is O=C(O)C1c2ccccc2CCN1Cc1cncs1. The summed E-state index contributed by atoms with van der Waals surface area (Å²) in [6.45, 7) is 1.42. The molecule has 0 amide bonds. The maximum Gasteiger partial charge on any atom is 0.325 e. The van der Waals surface area contributed by atoms with Gasteiger partial charge in [0.1, 0.15) is 6.04 Å². The molecule has 2 heterocycles. The van der Waals surface area contributed by atoms with E-state index < -0.39 is 12.0 Å². The van der Waals surface area contributed by atoms with Crippen LogP contribution in [-0.2, 0) is 17.8 Å². The zero-order chi connectivity index (χ0) is 13.2. The number of hydrogen-bond donors (Lipinski definition) is 1. The highest BCUT2D eigenvalue weighted by Gasteiger charge is 2.32. The number of thiazole rings is 1. The Kier molecular flexibility index (Phi) is 3.31. The van der Waals surface area contributed by atoms with Crippen LogP contribution in [0, 0.1) is 0 Å². The molecule has 1 aromatic heterocycles. The molecule has 98 valence electrons. The number of benzene rings is 1. The molecule has 4 nitrogen and oxygen atoms in total. The maximum absolute atomic E-state index is 11.6. The molecule has 1 atom stereocenters. The number of fused-ring (bicyclic) bond motifs is 1. The van der Waals surface area contributed by atoms with Crippen LogP contribution >= 0.6 is 11.3 Å². The monoisotopic (exact) mass is 274 g/mol. The molecule has 2 aromatic rings. The second-order valence-corrected chi connectivity index (χ2v) is 5.60. The van der Waals surface area contributed by atoms with Crippen molar-refractivity contribution in [2.45, 2.75) is 19.0 Å². The lowest BCUT2D eigenvalue weighted by atomic mass is 9.92. The largest absolute Gasteiger partial charge is 0.480 e. The minimum absolute atomic E-state index is 0.549. The first-order valence-electron chi connectivity index (χ1n) is 6.18. The van der Waals surface area contributed by atoms with Crippen molar-refractivity contribution in [1.29, 1.82) is 0 Å². The molecule has 19 heavy (non-hydrogen) atoms. The van der Waals surface area contributed by atoms with Gasteiger partial charge >= 0.3 is 5.97 Å². The summed E-state index contributed by atoms with van der Waals surface area (Å²) in [6, 6.07) is 7.27. The second kappa shape index (κ2) is 5.11. The molecule has 1 N–H and O–H groups in total. The Balaban J connectivity index is 1.92. The molecule has 0 aliphatic carbocycles. The molecule has 1 aromatic carbocycles. The topological polar surface area (TPSA) is 53.4 Å². The Morgan fingerprint density at radius 3 is 3.05 bits per heavy atom. The van der Waals surface area contributed by atoms with E-state index in [9.17, 15) is 9.90 Å². The maximum atomic E-state index is 11.6. The first kappa shape index (κ1) is 12.3. The summed E-state index contributed by atoms with van der Waals surface area (Å²) in [7, 11) is 0. The van der Waals surface area contributed by atoms with E-state index in [0.29, 0.717) is 6.54 Å². The Labute approximate surface area is 115 Å². The number of hydrogen-bond acceptors (Lipinski definition) is 4. The van der Waals surface area contributed by atoms with Gasteiger partial charge in [0.15, 0.2) is 0 Å². The van der Waals surface area contributed by atoms with Crippen molar-refractivity contribution >= 4 is 17.3 Å². The van der Waals surface area contributed by atoms with Gasteiger partial charge < -0.3 is 5.11 Å². The van der Waals surface area contributed by atoms with E-state index in [1.54, 1.807) is 16.8 Å². The van der Waals surface area contributed by atoms with Gasteiger partial charge in [0, 0.05) is 24.2 Å². The zero-order valence-corrected chi connectivity index (χ0v) is 11.1. The average molecular weight is 274 g/mol. The Hall–Kier alpha value is -1.72. The highest BCUT2D eigenvalue weighted by atomic mass is 32.1. The molecule has 1 aliphatic rings. The Morgan fingerprint density at radius 2 is 2.32 bits per heavy atom. The fourth-order valence-electron chi connectivity index (χ4n) is 2.60. The minimum Gasteiger partial charge on any atom is -0.480 e. The zero-order valence-electron chi connectivity index (χ0n) is 10.3. The van der Waals surface area contributed by atoms with Gasteiger partial charge in [-0.3, -0.25) is 14.7 Å². The van der Waals surface area contributed by atoms with Crippen LogP contribution < -0.4 is 0 Å². The molecule has 0 radical (unpaired) electrons.